The lowest BCUT2D eigenvalue weighted by molar-refractivity contribution is 0.0946. The van der Waals surface area contributed by atoms with E-state index in [0.717, 1.165) is 24.2 Å². The van der Waals surface area contributed by atoms with Gasteiger partial charge in [0.2, 0.25) is 0 Å². The first-order chi connectivity index (χ1) is 9.83. The van der Waals surface area contributed by atoms with Gasteiger partial charge in [-0.15, -0.1) is 0 Å². The molecule has 2 aliphatic heterocycles. The highest BCUT2D eigenvalue weighted by Crippen LogP contribution is 2.36. The summed E-state index contributed by atoms with van der Waals surface area (Å²) >= 11 is 0. The third-order valence-corrected chi connectivity index (χ3v) is 5.16. The number of ether oxygens (including phenoxy) is 1. The van der Waals surface area contributed by atoms with Crippen molar-refractivity contribution in [2.24, 2.45) is 5.92 Å². The van der Waals surface area contributed by atoms with Crippen LogP contribution in [0.2, 0.25) is 0 Å². The van der Waals surface area contributed by atoms with Crippen LogP contribution in [0.5, 0.6) is 5.75 Å². The molecule has 0 bridgehead atoms. The van der Waals surface area contributed by atoms with Gasteiger partial charge in [0.25, 0.3) is 0 Å². The van der Waals surface area contributed by atoms with Gasteiger partial charge < -0.3 is 10.1 Å². The molecule has 1 aromatic carbocycles. The first-order valence-electron chi connectivity index (χ1n) is 7.88. The van der Waals surface area contributed by atoms with E-state index in [1.807, 2.05) is 12.1 Å². The third-order valence-electron chi connectivity index (χ3n) is 5.16. The topological polar surface area (TPSA) is 38.3 Å². The molecule has 2 heterocycles. The molecule has 3 nitrogen and oxygen atoms in total. The van der Waals surface area contributed by atoms with E-state index in [4.69, 9.17) is 4.74 Å². The number of para-hydroxylation sites is 1. The maximum atomic E-state index is 12.8. The highest BCUT2D eigenvalue weighted by atomic mass is 16.5. The Kier molecular flexibility index (Phi) is 3.03. The van der Waals surface area contributed by atoms with Crippen molar-refractivity contribution in [3.8, 4) is 5.75 Å². The standard InChI is InChI=1S/C17H21NO2/c19-16(13-6-3-5-11-8-9-20-17(11)13)15-10-12-4-1-2-7-14(12)18-15/h3,5-6,12,14-15,18H,1-2,4,7-10H2. The second-order valence-corrected chi connectivity index (χ2v) is 6.36. The SMILES string of the molecule is O=C(c1cccc2c1OCC2)C1CC2CCCCC2N1. The fourth-order valence-electron chi connectivity index (χ4n) is 4.12. The minimum absolute atomic E-state index is 0.00111. The van der Waals surface area contributed by atoms with Crippen LogP contribution in [-0.4, -0.2) is 24.5 Å². The van der Waals surface area contributed by atoms with E-state index in [0.29, 0.717) is 18.6 Å². The van der Waals surface area contributed by atoms with Gasteiger partial charge in [-0.25, -0.2) is 0 Å². The smallest absolute Gasteiger partial charge is 0.183 e. The van der Waals surface area contributed by atoms with Crippen LogP contribution in [0.25, 0.3) is 0 Å². The summed E-state index contributed by atoms with van der Waals surface area (Å²) in [6.07, 6.45) is 7.09. The maximum absolute atomic E-state index is 12.8. The normalized spacial score (nSPS) is 31.5. The highest BCUT2D eigenvalue weighted by molar-refractivity contribution is 6.03. The van der Waals surface area contributed by atoms with Crippen molar-refractivity contribution in [2.75, 3.05) is 6.61 Å². The predicted molar refractivity (Wildman–Crippen MR) is 77.3 cm³/mol. The van der Waals surface area contributed by atoms with Crippen molar-refractivity contribution in [3.63, 3.8) is 0 Å². The first kappa shape index (κ1) is 12.4. The molecule has 0 amide bonds. The van der Waals surface area contributed by atoms with Crippen molar-refractivity contribution in [1.82, 2.24) is 5.32 Å². The van der Waals surface area contributed by atoms with Crippen molar-refractivity contribution >= 4 is 5.78 Å². The molecular formula is C17H21NO2. The Hall–Kier alpha value is -1.35. The molecule has 0 radical (unpaired) electrons. The summed E-state index contributed by atoms with van der Waals surface area (Å²) in [5, 5.41) is 3.58. The van der Waals surface area contributed by atoms with Gasteiger partial charge in [-0.2, -0.15) is 0 Å². The van der Waals surface area contributed by atoms with Gasteiger partial charge in [-0.05, 0) is 36.8 Å². The number of fused-ring (bicyclic) bond motifs is 2. The molecule has 3 atom stereocenters. The van der Waals surface area contributed by atoms with E-state index in [1.54, 1.807) is 0 Å². The quantitative estimate of drug-likeness (QED) is 0.841. The number of carbonyl (C=O) groups is 1. The number of Topliss-reactive ketones (excluding diaryl/α,β-unsaturated/α-hetero) is 1. The Balaban J connectivity index is 1.58. The second-order valence-electron chi connectivity index (χ2n) is 6.36. The fraction of sp³-hybridized carbons (Fsp3) is 0.588. The number of nitrogens with one attached hydrogen (secondary N) is 1. The zero-order valence-corrected chi connectivity index (χ0v) is 11.7. The molecule has 3 aliphatic rings. The highest BCUT2D eigenvalue weighted by Gasteiger charge is 2.39. The van der Waals surface area contributed by atoms with Crippen molar-refractivity contribution in [1.29, 1.82) is 0 Å². The predicted octanol–water partition coefficient (Wildman–Crippen LogP) is 2.72. The maximum Gasteiger partial charge on any atom is 0.183 e. The van der Waals surface area contributed by atoms with Crippen LogP contribution in [0, 0.1) is 5.92 Å². The molecule has 3 heteroatoms. The molecule has 20 heavy (non-hydrogen) atoms. The van der Waals surface area contributed by atoms with Crippen molar-refractivity contribution in [3.05, 3.63) is 29.3 Å². The Labute approximate surface area is 119 Å². The third kappa shape index (κ3) is 1.96. The van der Waals surface area contributed by atoms with Gasteiger partial charge in [0.1, 0.15) is 5.75 Å². The lowest BCUT2D eigenvalue weighted by atomic mass is 9.84. The monoisotopic (exact) mass is 271 g/mol. The van der Waals surface area contributed by atoms with E-state index < -0.39 is 0 Å². The van der Waals surface area contributed by atoms with Gasteiger partial charge in [0.05, 0.1) is 18.2 Å². The lowest BCUT2D eigenvalue weighted by Crippen LogP contribution is -2.37. The largest absolute Gasteiger partial charge is 0.492 e. The summed E-state index contributed by atoms with van der Waals surface area (Å²) in [6, 6.07) is 6.55. The summed E-state index contributed by atoms with van der Waals surface area (Å²) in [7, 11) is 0. The van der Waals surface area contributed by atoms with Crippen molar-refractivity contribution < 1.29 is 9.53 Å². The average Bonchev–Trinajstić information content (AvgIpc) is 3.12. The fourth-order valence-corrected chi connectivity index (χ4v) is 4.12. The zero-order chi connectivity index (χ0) is 13.5. The molecule has 1 saturated carbocycles. The minimum Gasteiger partial charge on any atom is -0.492 e. The molecule has 2 fully saturated rings. The van der Waals surface area contributed by atoms with Crippen LogP contribution in [0.4, 0.5) is 0 Å². The second kappa shape index (κ2) is 4.88. The van der Waals surface area contributed by atoms with E-state index in [9.17, 15) is 4.79 Å². The van der Waals surface area contributed by atoms with Crippen molar-refractivity contribution in [2.45, 2.75) is 50.6 Å². The number of hydrogen-bond acceptors (Lipinski definition) is 3. The first-order valence-corrected chi connectivity index (χ1v) is 7.88. The van der Waals surface area contributed by atoms with Gasteiger partial charge in [-0.1, -0.05) is 25.0 Å². The molecule has 4 rings (SSSR count). The summed E-state index contributed by atoms with van der Waals surface area (Å²) in [5.74, 6) is 1.78. The van der Waals surface area contributed by atoms with Gasteiger partial charge in [0, 0.05) is 12.5 Å². The van der Waals surface area contributed by atoms with Crippen LogP contribution >= 0.6 is 0 Å². The van der Waals surface area contributed by atoms with Gasteiger partial charge >= 0.3 is 0 Å². The van der Waals surface area contributed by atoms with Crippen LogP contribution in [0.3, 0.4) is 0 Å². The van der Waals surface area contributed by atoms with Gasteiger partial charge in [-0.3, -0.25) is 4.79 Å². The number of rotatable bonds is 2. The molecular weight excluding hydrogens is 250 g/mol. The van der Waals surface area contributed by atoms with Gasteiger partial charge in [0.15, 0.2) is 5.78 Å². The Bertz CT molecular complexity index is 526. The summed E-state index contributed by atoms with van der Waals surface area (Å²) in [4.78, 5) is 12.8. The summed E-state index contributed by atoms with van der Waals surface area (Å²) in [6.45, 7) is 0.711. The molecule has 1 N–H and O–H groups in total. The summed E-state index contributed by atoms with van der Waals surface area (Å²) < 4.78 is 5.68. The van der Waals surface area contributed by atoms with E-state index >= 15 is 0 Å². The molecule has 1 aliphatic carbocycles. The van der Waals surface area contributed by atoms with E-state index in [1.165, 1.54) is 31.2 Å². The zero-order valence-electron chi connectivity index (χ0n) is 11.7. The summed E-state index contributed by atoms with van der Waals surface area (Å²) in [5.41, 5.74) is 1.97. The number of benzene rings is 1. The molecule has 0 spiro atoms. The molecule has 0 aromatic heterocycles. The Morgan fingerprint density at radius 3 is 3.05 bits per heavy atom. The van der Waals surface area contributed by atoms with E-state index in [2.05, 4.69) is 11.4 Å². The number of ketones is 1. The Morgan fingerprint density at radius 2 is 2.15 bits per heavy atom. The molecule has 1 aromatic rings. The lowest BCUT2D eigenvalue weighted by Gasteiger charge is -2.24. The van der Waals surface area contributed by atoms with Crippen LogP contribution in [0.15, 0.2) is 18.2 Å². The molecule has 106 valence electrons. The molecule has 1 saturated heterocycles. The molecule has 3 unspecified atom stereocenters. The van der Waals surface area contributed by atoms with Crippen LogP contribution in [0.1, 0.15) is 48.0 Å². The minimum atomic E-state index is -0.00111. The van der Waals surface area contributed by atoms with Crippen LogP contribution < -0.4 is 10.1 Å². The van der Waals surface area contributed by atoms with Crippen LogP contribution in [-0.2, 0) is 6.42 Å². The van der Waals surface area contributed by atoms with E-state index in [-0.39, 0.29) is 11.8 Å². The average molecular weight is 271 g/mol. The Morgan fingerprint density at radius 1 is 1.25 bits per heavy atom. The number of hydrogen-bond donors (Lipinski definition) is 1. The number of carbonyl (C=O) groups excluding carboxylic acids is 1.